The number of nitrogens with zero attached hydrogens (tertiary/aromatic N) is 2. The van der Waals surface area contributed by atoms with Crippen LogP contribution in [0.5, 0.6) is 5.75 Å². The highest BCUT2D eigenvalue weighted by Crippen LogP contribution is 2.29. The Morgan fingerprint density at radius 3 is 2.79 bits per heavy atom. The first kappa shape index (κ1) is 22.6. The van der Waals surface area contributed by atoms with Gasteiger partial charge in [0.2, 0.25) is 0 Å². The molecule has 0 radical (unpaired) electrons. The van der Waals surface area contributed by atoms with Crippen molar-refractivity contribution in [3.05, 3.63) is 77.0 Å². The van der Waals surface area contributed by atoms with E-state index in [1.54, 1.807) is 25.4 Å². The average Bonchev–Trinajstić information content (AvgIpc) is 3.22. The number of aliphatic hydroxyl groups excluding tert-OH is 1. The van der Waals surface area contributed by atoms with E-state index >= 15 is 0 Å². The van der Waals surface area contributed by atoms with Gasteiger partial charge in [0.25, 0.3) is 0 Å². The average molecular weight is 510 g/mol. The third-order valence-corrected chi connectivity index (χ3v) is 5.56. The number of hydrogen-bond acceptors (Lipinski definition) is 5. The Balaban J connectivity index is 1.52. The van der Waals surface area contributed by atoms with Crippen LogP contribution in [0.15, 0.2) is 71.5 Å². The van der Waals surface area contributed by atoms with E-state index in [9.17, 15) is 4.79 Å². The van der Waals surface area contributed by atoms with Crippen LogP contribution >= 0.6 is 15.9 Å². The number of pyridine rings is 1. The Bertz CT molecular complexity index is 1270. The highest BCUT2D eigenvalue weighted by Gasteiger charge is 2.12. The number of ether oxygens (including phenoxy) is 1. The number of urea groups is 1. The van der Waals surface area contributed by atoms with E-state index in [1.807, 2.05) is 48.7 Å². The third kappa shape index (κ3) is 5.44. The van der Waals surface area contributed by atoms with Gasteiger partial charge >= 0.3 is 6.03 Å². The first-order valence-corrected chi connectivity index (χ1v) is 11.2. The second kappa shape index (κ2) is 10.4. The number of aromatic nitrogens is 2. The smallest absolute Gasteiger partial charge is 0.323 e. The summed E-state index contributed by atoms with van der Waals surface area (Å²) in [6, 6.07) is 16.7. The van der Waals surface area contributed by atoms with Crippen LogP contribution in [0.2, 0.25) is 0 Å². The Labute approximate surface area is 199 Å². The first-order chi connectivity index (χ1) is 16.1. The lowest BCUT2D eigenvalue weighted by Crippen LogP contribution is -2.20. The van der Waals surface area contributed by atoms with Crippen LogP contribution < -0.4 is 20.7 Å². The van der Waals surface area contributed by atoms with Gasteiger partial charge in [-0.15, -0.1) is 0 Å². The fraction of sp³-hybridized carbons (Fsp3) is 0.167. The first-order valence-electron chi connectivity index (χ1n) is 10.4. The summed E-state index contributed by atoms with van der Waals surface area (Å²) in [5, 5.41) is 18.8. The maximum absolute atomic E-state index is 12.7. The lowest BCUT2D eigenvalue weighted by atomic mass is 10.2. The second-order valence-electron chi connectivity index (χ2n) is 7.31. The molecule has 0 saturated carbocycles. The zero-order chi connectivity index (χ0) is 23.2. The molecule has 2 heterocycles. The quantitative estimate of drug-likeness (QED) is 0.270. The summed E-state index contributed by atoms with van der Waals surface area (Å²) in [6.07, 6.45) is 3.74. The lowest BCUT2D eigenvalue weighted by molar-refractivity contribution is 0.262. The monoisotopic (exact) mass is 509 g/mol. The number of benzene rings is 2. The van der Waals surface area contributed by atoms with E-state index in [4.69, 9.17) is 9.84 Å². The van der Waals surface area contributed by atoms with Gasteiger partial charge in [-0.1, -0.05) is 22.0 Å². The molecule has 2 aromatic carbocycles. The van der Waals surface area contributed by atoms with Crippen LogP contribution in [0.1, 0.15) is 5.56 Å². The van der Waals surface area contributed by atoms with Crippen molar-refractivity contribution in [1.82, 2.24) is 9.55 Å². The summed E-state index contributed by atoms with van der Waals surface area (Å²) in [7, 11) is 1.56. The van der Waals surface area contributed by atoms with Crippen molar-refractivity contribution < 1.29 is 14.6 Å². The molecule has 2 aromatic heterocycles. The fourth-order valence-electron chi connectivity index (χ4n) is 3.57. The summed E-state index contributed by atoms with van der Waals surface area (Å²) in [5.74, 6) is 1.29. The molecule has 0 bridgehead atoms. The molecular weight excluding hydrogens is 486 g/mol. The molecule has 0 aliphatic heterocycles. The van der Waals surface area contributed by atoms with E-state index in [0.717, 1.165) is 26.8 Å². The summed E-state index contributed by atoms with van der Waals surface area (Å²) in [4.78, 5) is 17.0. The highest BCUT2D eigenvalue weighted by atomic mass is 79.9. The number of halogens is 1. The Morgan fingerprint density at radius 2 is 1.97 bits per heavy atom. The molecule has 170 valence electrons. The van der Waals surface area contributed by atoms with Crippen molar-refractivity contribution in [2.75, 3.05) is 36.2 Å². The molecule has 33 heavy (non-hydrogen) atoms. The van der Waals surface area contributed by atoms with Gasteiger partial charge in [-0.05, 0) is 54.1 Å². The maximum atomic E-state index is 12.7. The molecule has 0 saturated heterocycles. The van der Waals surface area contributed by atoms with Crippen LogP contribution in [0.25, 0.3) is 10.9 Å². The Hall–Kier alpha value is -3.56. The zero-order valence-corrected chi connectivity index (χ0v) is 19.6. The predicted octanol–water partition coefficient (Wildman–Crippen LogP) is 4.90. The number of carbonyl (C=O) groups is 1. The standard InChI is InChI=1S/C24H24BrN5O3/c1-33-22-6-5-17(25)14-20(22)29-24(32)28-19-3-2-4-21-18(19)8-11-30(21)15-16-7-9-26-23(13-16)27-10-12-31/h2-9,11,13-14,31H,10,12,15H2,1H3,(H,26,27)(H2,28,29,32). The van der Waals surface area contributed by atoms with Gasteiger partial charge in [-0.2, -0.15) is 0 Å². The van der Waals surface area contributed by atoms with Gasteiger partial charge in [-0.25, -0.2) is 9.78 Å². The zero-order valence-electron chi connectivity index (χ0n) is 18.0. The van der Waals surface area contributed by atoms with E-state index in [2.05, 4.69) is 41.4 Å². The number of carbonyl (C=O) groups excluding carboxylic acids is 1. The van der Waals surface area contributed by atoms with Crippen LogP contribution in [0.4, 0.5) is 22.0 Å². The van der Waals surface area contributed by atoms with Crippen LogP contribution in [0.3, 0.4) is 0 Å². The highest BCUT2D eigenvalue weighted by molar-refractivity contribution is 9.10. The van der Waals surface area contributed by atoms with Crippen molar-refractivity contribution in [1.29, 1.82) is 0 Å². The predicted molar refractivity (Wildman–Crippen MR) is 134 cm³/mol. The molecule has 0 aliphatic carbocycles. The minimum Gasteiger partial charge on any atom is -0.495 e. The van der Waals surface area contributed by atoms with Crippen LogP contribution in [-0.2, 0) is 6.54 Å². The summed E-state index contributed by atoms with van der Waals surface area (Å²) < 4.78 is 8.27. The molecule has 4 N–H and O–H groups in total. The molecule has 8 nitrogen and oxygen atoms in total. The molecule has 0 aliphatic rings. The van der Waals surface area contributed by atoms with E-state index in [1.165, 1.54) is 0 Å². The molecule has 9 heteroatoms. The number of nitrogens with one attached hydrogen (secondary N) is 3. The Kier molecular flexibility index (Phi) is 7.11. The SMILES string of the molecule is COc1ccc(Br)cc1NC(=O)Nc1cccc2c1ccn2Cc1ccnc(NCCO)c1. The normalized spacial score (nSPS) is 10.8. The Morgan fingerprint density at radius 1 is 1.12 bits per heavy atom. The molecular formula is C24H24BrN5O3. The summed E-state index contributed by atoms with van der Waals surface area (Å²) in [6.45, 7) is 1.14. The number of hydrogen-bond donors (Lipinski definition) is 4. The minimum atomic E-state index is -0.361. The van der Waals surface area contributed by atoms with E-state index < -0.39 is 0 Å². The largest absolute Gasteiger partial charge is 0.495 e. The fourth-order valence-corrected chi connectivity index (χ4v) is 3.94. The maximum Gasteiger partial charge on any atom is 0.323 e. The minimum absolute atomic E-state index is 0.0474. The van der Waals surface area contributed by atoms with Gasteiger partial charge in [-0.3, -0.25) is 0 Å². The number of aliphatic hydroxyl groups is 1. The van der Waals surface area contributed by atoms with Crippen LogP contribution in [0, 0.1) is 0 Å². The second-order valence-corrected chi connectivity index (χ2v) is 8.22. The summed E-state index contributed by atoms with van der Waals surface area (Å²) >= 11 is 3.41. The molecule has 0 fully saturated rings. The van der Waals surface area contributed by atoms with Gasteiger partial charge in [0.1, 0.15) is 11.6 Å². The lowest BCUT2D eigenvalue weighted by Gasteiger charge is -2.13. The molecule has 4 aromatic rings. The van der Waals surface area contributed by atoms with Crippen molar-refractivity contribution in [2.24, 2.45) is 0 Å². The van der Waals surface area contributed by atoms with Gasteiger partial charge < -0.3 is 30.4 Å². The summed E-state index contributed by atoms with van der Waals surface area (Å²) in [5.41, 5.74) is 3.34. The van der Waals surface area contributed by atoms with Crippen molar-refractivity contribution in [3.63, 3.8) is 0 Å². The number of anilines is 3. The van der Waals surface area contributed by atoms with Crippen molar-refractivity contribution in [3.8, 4) is 5.75 Å². The van der Waals surface area contributed by atoms with Crippen molar-refractivity contribution >= 4 is 50.1 Å². The molecule has 2 amide bonds. The molecule has 4 rings (SSSR count). The number of fused-ring (bicyclic) bond motifs is 1. The number of methoxy groups -OCH3 is 1. The number of amides is 2. The van der Waals surface area contributed by atoms with Crippen molar-refractivity contribution in [2.45, 2.75) is 6.54 Å². The topological polar surface area (TPSA) is 100 Å². The number of rotatable bonds is 8. The molecule has 0 unspecified atom stereocenters. The third-order valence-electron chi connectivity index (χ3n) is 5.07. The van der Waals surface area contributed by atoms with E-state index in [-0.39, 0.29) is 12.6 Å². The molecule has 0 atom stereocenters. The van der Waals surface area contributed by atoms with E-state index in [0.29, 0.717) is 30.2 Å². The van der Waals surface area contributed by atoms with Crippen LogP contribution in [-0.4, -0.2) is 41.0 Å². The van der Waals surface area contributed by atoms with Gasteiger partial charge in [0.15, 0.2) is 0 Å². The van der Waals surface area contributed by atoms with Gasteiger partial charge in [0, 0.05) is 35.3 Å². The molecule has 0 spiro atoms. The van der Waals surface area contributed by atoms with Gasteiger partial charge in [0.05, 0.1) is 30.6 Å².